The van der Waals surface area contributed by atoms with Gasteiger partial charge in [-0.2, -0.15) is 0 Å². The number of carbonyl (C=O) groups excluding carboxylic acids is 3. The summed E-state index contributed by atoms with van der Waals surface area (Å²) in [5.74, 6) is 0.000792. The zero-order chi connectivity index (χ0) is 26.5. The largest absolute Gasteiger partial charge is 0.490 e. The number of aryl methyl sites for hydroxylation is 1. The van der Waals surface area contributed by atoms with Crippen molar-refractivity contribution in [2.24, 2.45) is 0 Å². The minimum atomic E-state index is -0.571. The van der Waals surface area contributed by atoms with E-state index in [1.165, 1.54) is 0 Å². The van der Waals surface area contributed by atoms with E-state index in [9.17, 15) is 14.4 Å². The van der Waals surface area contributed by atoms with Crippen molar-refractivity contribution in [1.82, 2.24) is 5.32 Å². The molecular weight excluding hydrogens is 609 g/mol. The summed E-state index contributed by atoms with van der Waals surface area (Å²) in [5, 5.41) is 5.80. The minimum absolute atomic E-state index is 0.106. The summed E-state index contributed by atoms with van der Waals surface area (Å²) in [6.07, 6.45) is 1.56. The third-order valence-electron chi connectivity index (χ3n) is 5.27. The SMILES string of the molecule is CCOc1cc(/C=C2/NC(=O)N(c3cccc(Cl)c3)C2=O)cc(I)c1OCC(=O)Nc1ccc(C)cc1. The number of hydrogen-bond acceptors (Lipinski definition) is 5. The van der Waals surface area contributed by atoms with E-state index in [1.54, 1.807) is 42.5 Å². The Balaban J connectivity index is 1.52. The average molecular weight is 632 g/mol. The second-order valence-electron chi connectivity index (χ2n) is 8.07. The Hall–Kier alpha value is -3.57. The van der Waals surface area contributed by atoms with E-state index in [2.05, 4.69) is 33.2 Å². The molecular formula is C27H23ClIN3O5. The van der Waals surface area contributed by atoms with Crippen molar-refractivity contribution < 1.29 is 23.9 Å². The second-order valence-corrected chi connectivity index (χ2v) is 9.67. The molecule has 0 atom stereocenters. The van der Waals surface area contributed by atoms with Crippen molar-refractivity contribution in [3.05, 3.63) is 86.1 Å². The molecule has 10 heteroatoms. The van der Waals surface area contributed by atoms with Crippen molar-refractivity contribution in [3.8, 4) is 11.5 Å². The van der Waals surface area contributed by atoms with Gasteiger partial charge in [0.15, 0.2) is 18.1 Å². The number of ether oxygens (including phenoxy) is 2. The predicted octanol–water partition coefficient (Wildman–Crippen LogP) is 5.77. The number of benzene rings is 3. The van der Waals surface area contributed by atoms with Gasteiger partial charge in [0, 0.05) is 10.7 Å². The third kappa shape index (κ3) is 6.41. The first-order chi connectivity index (χ1) is 17.7. The molecule has 1 fully saturated rings. The van der Waals surface area contributed by atoms with Crippen molar-refractivity contribution in [2.75, 3.05) is 23.4 Å². The van der Waals surface area contributed by atoms with Gasteiger partial charge in [-0.15, -0.1) is 0 Å². The van der Waals surface area contributed by atoms with E-state index in [-0.39, 0.29) is 18.2 Å². The Labute approximate surface area is 232 Å². The van der Waals surface area contributed by atoms with Gasteiger partial charge in [0.2, 0.25) is 0 Å². The van der Waals surface area contributed by atoms with Crippen LogP contribution in [0, 0.1) is 10.5 Å². The lowest BCUT2D eigenvalue weighted by Gasteiger charge is -2.15. The lowest BCUT2D eigenvalue weighted by atomic mass is 10.1. The molecule has 3 aromatic rings. The van der Waals surface area contributed by atoms with E-state index in [0.29, 0.717) is 43.6 Å². The Kier molecular flexibility index (Phi) is 8.34. The Morgan fingerprint density at radius 2 is 1.86 bits per heavy atom. The maximum atomic E-state index is 13.0. The molecule has 1 aliphatic rings. The van der Waals surface area contributed by atoms with Crippen LogP contribution < -0.4 is 25.0 Å². The Morgan fingerprint density at radius 3 is 2.57 bits per heavy atom. The highest BCUT2D eigenvalue weighted by atomic mass is 127. The number of hydrogen-bond donors (Lipinski definition) is 2. The molecule has 0 spiro atoms. The molecule has 190 valence electrons. The number of urea groups is 1. The summed E-state index contributed by atoms with van der Waals surface area (Å²) < 4.78 is 12.2. The fourth-order valence-electron chi connectivity index (χ4n) is 3.60. The number of nitrogens with zero attached hydrogens (tertiary/aromatic N) is 1. The van der Waals surface area contributed by atoms with Crippen molar-refractivity contribution in [3.63, 3.8) is 0 Å². The average Bonchev–Trinajstić information content (AvgIpc) is 3.12. The number of anilines is 2. The molecule has 2 N–H and O–H groups in total. The van der Waals surface area contributed by atoms with Gasteiger partial charge < -0.3 is 20.1 Å². The molecule has 1 aliphatic heterocycles. The second kappa shape index (κ2) is 11.7. The molecule has 0 radical (unpaired) electrons. The maximum Gasteiger partial charge on any atom is 0.333 e. The van der Waals surface area contributed by atoms with E-state index in [4.69, 9.17) is 21.1 Å². The number of amides is 4. The van der Waals surface area contributed by atoms with Crippen LogP contribution in [-0.2, 0) is 9.59 Å². The van der Waals surface area contributed by atoms with Crippen LogP contribution in [0.5, 0.6) is 11.5 Å². The van der Waals surface area contributed by atoms with Crippen LogP contribution in [0.15, 0.2) is 66.4 Å². The van der Waals surface area contributed by atoms with Crippen LogP contribution in [0.1, 0.15) is 18.1 Å². The van der Waals surface area contributed by atoms with Crippen molar-refractivity contribution >= 4 is 69.5 Å². The lowest BCUT2D eigenvalue weighted by molar-refractivity contribution is -0.118. The van der Waals surface area contributed by atoms with Gasteiger partial charge in [-0.25, -0.2) is 9.69 Å². The summed E-state index contributed by atoms with van der Waals surface area (Å²) in [6, 6.07) is 16.8. The molecule has 0 aromatic heterocycles. The van der Waals surface area contributed by atoms with E-state index in [0.717, 1.165) is 10.5 Å². The summed E-state index contributed by atoms with van der Waals surface area (Å²) in [5.41, 5.74) is 2.86. The molecule has 0 saturated carbocycles. The first-order valence-corrected chi connectivity index (χ1v) is 12.8. The zero-order valence-corrected chi connectivity index (χ0v) is 22.9. The smallest absolute Gasteiger partial charge is 0.333 e. The van der Waals surface area contributed by atoms with Crippen LogP contribution in [-0.4, -0.2) is 31.1 Å². The van der Waals surface area contributed by atoms with Crippen LogP contribution in [0.4, 0.5) is 16.2 Å². The number of carbonyl (C=O) groups is 3. The Bertz CT molecular complexity index is 1390. The third-order valence-corrected chi connectivity index (χ3v) is 6.31. The van der Waals surface area contributed by atoms with E-state index >= 15 is 0 Å². The molecule has 0 unspecified atom stereocenters. The van der Waals surface area contributed by atoms with Gasteiger partial charge in [-0.3, -0.25) is 9.59 Å². The fourth-order valence-corrected chi connectivity index (χ4v) is 4.56. The number of imide groups is 1. The number of nitrogens with one attached hydrogen (secondary N) is 2. The van der Waals surface area contributed by atoms with Crippen LogP contribution in [0.25, 0.3) is 6.08 Å². The molecule has 1 heterocycles. The van der Waals surface area contributed by atoms with E-state index < -0.39 is 11.9 Å². The van der Waals surface area contributed by atoms with Crippen molar-refractivity contribution in [1.29, 1.82) is 0 Å². The summed E-state index contributed by atoms with van der Waals surface area (Å²) in [4.78, 5) is 38.9. The predicted molar refractivity (Wildman–Crippen MR) is 151 cm³/mol. The maximum absolute atomic E-state index is 13.0. The fraction of sp³-hybridized carbons (Fsp3) is 0.148. The zero-order valence-electron chi connectivity index (χ0n) is 20.0. The molecule has 1 saturated heterocycles. The molecule has 4 rings (SSSR count). The van der Waals surface area contributed by atoms with Crippen LogP contribution in [0.2, 0.25) is 5.02 Å². The highest BCUT2D eigenvalue weighted by Gasteiger charge is 2.35. The van der Waals surface area contributed by atoms with Gasteiger partial charge in [-0.05, 0) is 90.5 Å². The van der Waals surface area contributed by atoms with E-state index in [1.807, 2.05) is 38.1 Å². The van der Waals surface area contributed by atoms with Crippen LogP contribution >= 0.6 is 34.2 Å². The summed E-state index contributed by atoms with van der Waals surface area (Å²) in [7, 11) is 0. The topological polar surface area (TPSA) is 97.0 Å². The molecule has 0 bridgehead atoms. The monoisotopic (exact) mass is 631 g/mol. The lowest BCUT2D eigenvalue weighted by Crippen LogP contribution is -2.30. The standard InChI is InChI=1S/C27H23ClIN3O5/c1-3-36-23-13-17(12-22-26(34)32(27(35)31-22)20-6-4-5-18(28)14-20)11-21(29)25(23)37-15-24(33)30-19-9-7-16(2)8-10-19/h4-14H,3,15H2,1-2H3,(H,30,33)(H,31,35)/b22-12+. The first-order valence-electron chi connectivity index (χ1n) is 11.3. The normalized spacial score (nSPS) is 14.1. The molecule has 0 aliphatic carbocycles. The molecule has 4 amide bonds. The van der Waals surface area contributed by atoms with Gasteiger partial charge in [-0.1, -0.05) is 35.4 Å². The summed E-state index contributed by atoms with van der Waals surface area (Å²) >= 11 is 8.09. The molecule has 8 nitrogen and oxygen atoms in total. The van der Waals surface area contributed by atoms with Gasteiger partial charge in [0.1, 0.15) is 5.70 Å². The molecule has 37 heavy (non-hydrogen) atoms. The quantitative estimate of drug-likeness (QED) is 0.187. The molecule has 3 aromatic carbocycles. The van der Waals surface area contributed by atoms with Crippen molar-refractivity contribution in [2.45, 2.75) is 13.8 Å². The van der Waals surface area contributed by atoms with Gasteiger partial charge >= 0.3 is 6.03 Å². The Morgan fingerprint density at radius 1 is 1.11 bits per heavy atom. The summed E-state index contributed by atoms with van der Waals surface area (Å²) in [6.45, 7) is 3.95. The number of rotatable bonds is 8. The number of halogens is 2. The minimum Gasteiger partial charge on any atom is -0.490 e. The van der Waals surface area contributed by atoms with Crippen LogP contribution in [0.3, 0.4) is 0 Å². The highest BCUT2D eigenvalue weighted by Crippen LogP contribution is 2.35. The van der Waals surface area contributed by atoms with Gasteiger partial charge in [0.05, 0.1) is 15.9 Å². The first kappa shape index (κ1) is 26.5. The highest BCUT2D eigenvalue weighted by molar-refractivity contribution is 14.1. The van der Waals surface area contributed by atoms with Gasteiger partial charge in [0.25, 0.3) is 11.8 Å².